The highest BCUT2D eigenvalue weighted by Gasteiger charge is 2.22. The van der Waals surface area contributed by atoms with E-state index in [9.17, 15) is 0 Å². The lowest BCUT2D eigenvalue weighted by Gasteiger charge is -2.15. The van der Waals surface area contributed by atoms with E-state index in [0.717, 1.165) is 11.3 Å². The molecule has 0 aromatic heterocycles. The Hall–Kier alpha value is -0.630. The largest absolute Gasteiger partial charge is 0.458 e. The van der Waals surface area contributed by atoms with E-state index in [1.807, 2.05) is 6.92 Å². The van der Waals surface area contributed by atoms with Gasteiger partial charge < -0.3 is 4.74 Å². The lowest BCUT2D eigenvalue weighted by atomic mass is 10.1. The van der Waals surface area contributed by atoms with Crippen molar-refractivity contribution in [1.29, 1.82) is 0 Å². The van der Waals surface area contributed by atoms with Crippen molar-refractivity contribution >= 4 is 34.8 Å². The fraction of sp³-hybridized carbons (Fsp3) is 0.286. The van der Waals surface area contributed by atoms with Crippen molar-refractivity contribution < 1.29 is 4.74 Å². The first-order chi connectivity index (χ1) is 8.40. The van der Waals surface area contributed by atoms with Gasteiger partial charge in [0.25, 0.3) is 0 Å². The topological polar surface area (TPSA) is 9.23 Å². The summed E-state index contributed by atoms with van der Waals surface area (Å²) in [6.07, 6.45) is 2.16. The normalized spacial score (nSPS) is 19.2. The molecule has 0 saturated carbocycles. The van der Waals surface area contributed by atoms with E-state index >= 15 is 0 Å². The molecule has 1 unspecified atom stereocenters. The van der Waals surface area contributed by atoms with Crippen molar-refractivity contribution in [3.05, 3.63) is 50.2 Å². The van der Waals surface area contributed by atoms with E-state index in [0.29, 0.717) is 20.8 Å². The summed E-state index contributed by atoms with van der Waals surface area (Å²) in [6.45, 7) is 6.17. The number of rotatable bonds is 2. The molecule has 4 heteroatoms. The molecule has 1 aliphatic rings. The standard InChI is InChI=1S/C14H13Cl3O/c1-7-4-8(2)13(9(7)3)18-14-11(16)5-10(15)6-12(14)17/h4-6,8H,1-3H3. The van der Waals surface area contributed by atoms with Gasteiger partial charge in [-0.05, 0) is 37.1 Å². The Morgan fingerprint density at radius 2 is 1.61 bits per heavy atom. The van der Waals surface area contributed by atoms with Gasteiger partial charge in [0, 0.05) is 10.9 Å². The van der Waals surface area contributed by atoms with Gasteiger partial charge in [0.15, 0.2) is 5.75 Å². The van der Waals surface area contributed by atoms with Crippen LogP contribution in [0.15, 0.2) is 35.1 Å². The number of allylic oxidation sites excluding steroid dienone is 3. The third kappa shape index (κ3) is 2.54. The zero-order valence-electron chi connectivity index (χ0n) is 10.4. The lowest BCUT2D eigenvalue weighted by Crippen LogP contribution is -2.03. The van der Waals surface area contributed by atoms with Crippen LogP contribution in [0.25, 0.3) is 0 Å². The average Bonchev–Trinajstić information content (AvgIpc) is 2.48. The first-order valence-electron chi connectivity index (χ1n) is 5.62. The van der Waals surface area contributed by atoms with Crippen molar-refractivity contribution in [3.8, 4) is 5.75 Å². The van der Waals surface area contributed by atoms with Crippen LogP contribution in [0.4, 0.5) is 0 Å². The maximum Gasteiger partial charge on any atom is 0.164 e. The maximum atomic E-state index is 6.11. The highest BCUT2D eigenvalue weighted by molar-refractivity contribution is 6.40. The Kier molecular flexibility index (Phi) is 3.96. The highest BCUT2D eigenvalue weighted by Crippen LogP contribution is 2.40. The van der Waals surface area contributed by atoms with Crippen molar-refractivity contribution in [2.75, 3.05) is 0 Å². The van der Waals surface area contributed by atoms with Gasteiger partial charge >= 0.3 is 0 Å². The molecule has 1 atom stereocenters. The van der Waals surface area contributed by atoms with Gasteiger partial charge in [0.05, 0.1) is 10.0 Å². The molecule has 0 fully saturated rings. The van der Waals surface area contributed by atoms with E-state index < -0.39 is 0 Å². The fourth-order valence-corrected chi connectivity index (χ4v) is 2.91. The van der Waals surface area contributed by atoms with Crippen molar-refractivity contribution in [2.45, 2.75) is 20.8 Å². The molecule has 1 aromatic rings. The molecular weight excluding hydrogens is 291 g/mol. The molecule has 0 bridgehead atoms. The van der Waals surface area contributed by atoms with Gasteiger partial charge in [-0.25, -0.2) is 0 Å². The van der Waals surface area contributed by atoms with Crippen LogP contribution in [0.2, 0.25) is 15.1 Å². The van der Waals surface area contributed by atoms with Gasteiger partial charge in [-0.3, -0.25) is 0 Å². The maximum absolute atomic E-state index is 6.11. The second kappa shape index (κ2) is 5.16. The zero-order valence-corrected chi connectivity index (χ0v) is 12.6. The molecule has 96 valence electrons. The molecule has 2 rings (SSSR count). The lowest BCUT2D eigenvalue weighted by molar-refractivity contribution is 0.382. The minimum absolute atomic E-state index is 0.229. The summed E-state index contributed by atoms with van der Waals surface area (Å²) < 4.78 is 5.89. The predicted molar refractivity (Wildman–Crippen MR) is 77.7 cm³/mol. The first kappa shape index (κ1) is 13.8. The second-order valence-corrected chi connectivity index (χ2v) is 5.68. The fourth-order valence-electron chi connectivity index (χ4n) is 2.02. The number of ether oxygens (including phenoxy) is 1. The molecule has 0 spiro atoms. The van der Waals surface area contributed by atoms with Crippen LogP contribution < -0.4 is 4.74 Å². The third-order valence-corrected chi connectivity index (χ3v) is 3.83. The zero-order chi connectivity index (χ0) is 13.4. The number of hydrogen-bond donors (Lipinski definition) is 0. The quantitative estimate of drug-likeness (QED) is 0.661. The summed E-state index contributed by atoms with van der Waals surface area (Å²) in [7, 11) is 0. The van der Waals surface area contributed by atoms with E-state index in [4.69, 9.17) is 39.5 Å². The number of halogens is 3. The van der Waals surface area contributed by atoms with Crippen molar-refractivity contribution in [2.24, 2.45) is 5.92 Å². The van der Waals surface area contributed by atoms with Gasteiger partial charge in [-0.15, -0.1) is 0 Å². The summed E-state index contributed by atoms with van der Waals surface area (Å²) in [5, 5.41) is 1.34. The number of benzene rings is 1. The van der Waals surface area contributed by atoms with Crippen LogP contribution >= 0.6 is 34.8 Å². The SMILES string of the molecule is CC1=CC(C)C(Oc2c(Cl)cc(Cl)cc2Cl)=C1C. The molecule has 0 N–H and O–H groups in total. The molecule has 1 aliphatic carbocycles. The molecule has 0 aliphatic heterocycles. The molecule has 0 heterocycles. The summed E-state index contributed by atoms with van der Waals surface area (Å²) in [6, 6.07) is 3.25. The van der Waals surface area contributed by atoms with Crippen LogP contribution in [-0.2, 0) is 0 Å². The molecule has 1 nitrogen and oxygen atoms in total. The molecule has 0 radical (unpaired) electrons. The molecule has 18 heavy (non-hydrogen) atoms. The van der Waals surface area contributed by atoms with E-state index in [-0.39, 0.29) is 5.92 Å². The average molecular weight is 304 g/mol. The van der Waals surface area contributed by atoms with Crippen LogP contribution in [0.5, 0.6) is 5.75 Å². The first-order valence-corrected chi connectivity index (χ1v) is 6.75. The Balaban J connectivity index is 2.37. The van der Waals surface area contributed by atoms with Gasteiger partial charge in [0.1, 0.15) is 5.76 Å². The Bertz CT molecular complexity index is 535. The van der Waals surface area contributed by atoms with Gasteiger partial charge in [-0.2, -0.15) is 0 Å². The Morgan fingerprint density at radius 1 is 1.06 bits per heavy atom. The molecule has 0 amide bonds. The summed E-state index contributed by atoms with van der Waals surface area (Å²) in [5.41, 5.74) is 2.35. The Labute approximate surface area is 122 Å². The van der Waals surface area contributed by atoms with Crippen molar-refractivity contribution in [3.63, 3.8) is 0 Å². The minimum Gasteiger partial charge on any atom is -0.458 e. The predicted octanol–water partition coefficient (Wildman–Crippen LogP) is 5.90. The van der Waals surface area contributed by atoms with Gasteiger partial charge in [-0.1, -0.05) is 47.8 Å². The highest BCUT2D eigenvalue weighted by atomic mass is 35.5. The van der Waals surface area contributed by atoms with Crippen LogP contribution in [-0.4, -0.2) is 0 Å². The van der Waals surface area contributed by atoms with E-state index in [1.165, 1.54) is 5.57 Å². The van der Waals surface area contributed by atoms with Crippen molar-refractivity contribution in [1.82, 2.24) is 0 Å². The van der Waals surface area contributed by atoms with Crippen LogP contribution in [0.3, 0.4) is 0 Å². The second-order valence-electron chi connectivity index (χ2n) is 4.43. The third-order valence-electron chi connectivity index (χ3n) is 3.05. The smallest absolute Gasteiger partial charge is 0.164 e. The Morgan fingerprint density at radius 3 is 2.06 bits per heavy atom. The monoisotopic (exact) mass is 302 g/mol. The molecular formula is C14H13Cl3O. The van der Waals surface area contributed by atoms with Crippen LogP contribution in [0.1, 0.15) is 20.8 Å². The summed E-state index contributed by atoms with van der Waals surface area (Å²) in [4.78, 5) is 0. The van der Waals surface area contributed by atoms with E-state index in [2.05, 4.69) is 19.9 Å². The molecule has 1 aromatic carbocycles. The van der Waals surface area contributed by atoms with E-state index in [1.54, 1.807) is 12.1 Å². The summed E-state index contributed by atoms with van der Waals surface area (Å²) >= 11 is 18.1. The van der Waals surface area contributed by atoms with Crippen LogP contribution in [0, 0.1) is 5.92 Å². The number of hydrogen-bond acceptors (Lipinski definition) is 1. The minimum atomic E-state index is 0.229. The van der Waals surface area contributed by atoms with Gasteiger partial charge in [0.2, 0.25) is 0 Å². The molecule has 0 saturated heterocycles. The summed E-state index contributed by atoms with van der Waals surface area (Å²) in [5.74, 6) is 1.58.